The zero-order chi connectivity index (χ0) is 20.5. The van der Waals surface area contributed by atoms with E-state index in [1.165, 1.54) is 31.2 Å². The third kappa shape index (κ3) is 7.86. The third-order valence-corrected chi connectivity index (χ3v) is 5.39. The zero-order valence-electron chi connectivity index (χ0n) is 18.3. The molecule has 1 aromatic heterocycles. The number of benzene rings is 1. The van der Waals surface area contributed by atoms with Gasteiger partial charge >= 0.3 is 0 Å². The van der Waals surface area contributed by atoms with Gasteiger partial charge < -0.3 is 19.9 Å². The molecule has 8 heteroatoms. The zero-order valence-corrected chi connectivity index (χ0v) is 20.6. The van der Waals surface area contributed by atoms with Crippen LogP contribution in [-0.2, 0) is 24.9 Å². The van der Waals surface area contributed by atoms with Crippen LogP contribution in [0.25, 0.3) is 0 Å². The van der Waals surface area contributed by atoms with Crippen LogP contribution in [-0.4, -0.2) is 39.9 Å². The topological polar surface area (TPSA) is 76.4 Å². The highest BCUT2D eigenvalue weighted by Crippen LogP contribution is 2.17. The minimum absolute atomic E-state index is 0. The van der Waals surface area contributed by atoms with Crippen LogP contribution >= 0.6 is 24.0 Å². The van der Waals surface area contributed by atoms with Crippen LogP contribution in [0.3, 0.4) is 0 Å². The van der Waals surface area contributed by atoms with E-state index in [2.05, 4.69) is 39.9 Å². The number of aliphatic imine (C=N–C) groups is 1. The van der Waals surface area contributed by atoms with Crippen molar-refractivity contribution in [2.45, 2.75) is 58.7 Å². The summed E-state index contributed by atoms with van der Waals surface area (Å²) in [4.78, 5) is 4.76. The molecule has 2 aromatic rings. The van der Waals surface area contributed by atoms with Gasteiger partial charge in [-0.2, -0.15) is 0 Å². The molecule has 1 aliphatic rings. The lowest BCUT2D eigenvalue weighted by Crippen LogP contribution is -2.44. The van der Waals surface area contributed by atoms with Crippen molar-refractivity contribution in [2.75, 3.05) is 13.2 Å². The van der Waals surface area contributed by atoms with E-state index in [-0.39, 0.29) is 24.0 Å². The first kappa shape index (κ1) is 24.6. The number of ether oxygens (including phenoxy) is 1. The standard InChI is InChI=1S/C22H34N6O.HI/c1-17(15-29-16-19-9-5-4-6-10-19)13-23-22(25-20-11-7-8-12-20)24-14-21-27-26-18(2)28(21)3;/h4-6,9-10,17,20H,7-8,11-16H2,1-3H3,(H2,23,24,25);1H. The van der Waals surface area contributed by atoms with Crippen molar-refractivity contribution in [3.63, 3.8) is 0 Å². The fourth-order valence-corrected chi connectivity index (χ4v) is 3.44. The van der Waals surface area contributed by atoms with Crippen molar-refractivity contribution in [2.24, 2.45) is 18.0 Å². The molecule has 3 rings (SSSR count). The number of hydrogen-bond acceptors (Lipinski definition) is 4. The Labute approximate surface area is 197 Å². The van der Waals surface area contributed by atoms with E-state index in [1.54, 1.807) is 0 Å². The minimum atomic E-state index is 0. The Hall–Kier alpha value is -1.68. The van der Waals surface area contributed by atoms with Crippen LogP contribution in [0.1, 0.15) is 49.8 Å². The summed E-state index contributed by atoms with van der Waals surface area (Å²) in [5.74, 6) is 3.01. The second-order valence-corrected chi connectivity index (χ2v) is 8.00. The molecule has 0 bridgehead atoms. The lowest BCUT2D eigenvalue weighted by atomic mass is 10.2. The molecule has 0 spiro atoms. The molecular formula is C22H35IN6O. The van der Waals surface area contributed by atoms with Gasteiger partial charge in [0.25, 0.3) is 0 Å². The van der Waals surface area contributed by atoms with Crippen molar-refractivity contribution < 1.29 is 4.74 Å². The monoisotopic (exact) mass is 526 g/mol. The average molecular weight is 526 g/mol. The summed E-state index contributed by atoms with van der Waals surface area (Å²) in [6.45, 7) is 6.83. The maximum absolute atomic E-state index is 5.87. The molecule has 1 aromatic carbocycles. The molecule has 2 N–H and O–H groups in total. The second kappa shape index (κ2) is 12.9. The maximum atomic E-state index is 5.87. The van der Waals surface area contributed by atoms with Gasteiger partial charge in [0, 0.05) is 19.6 Å². The van der Waals surface area contributed by atoms with E-state index in [0.717, 1.165) is 24.2 Å². The third-order valence-electron chi connectivity index (χ3n) is 5.39. The van der Waals surface area contributed by atoms with E-state index in [0.29, 0.717) is 31.7 Å². The number of aryl methyl sites for hydroxylation is 1. The smallest absolute Gasteiger partial charge is 0.191 e. The lowest BCUT2D eigenvalue weighted by molar-refractivity contribution is 0.0931. The summed E-state index contributed by atoms with van der Waals surface area (Å²) in [7, 11) is 1.98. The number of nitrogens with zero attached hydrogens (tertiary/aromatic N) is 4. The van der Waals surface area contributed by atoms with Crippen LogP contribution in [0.4, 0.5) is 0 Å². The highest BCUT2D eigenvalue weighted by molar-refractivity contribution is 14.0. The molecule has 166 valence electrons. The van der Waals surface area contributed by atoms with Gasteiger partial charge in [0.2, 0.25) is 0 Å². The number of rotatable bonds is 9. The SMILES string of the molecule is Cc1nnc(CN=C(NCC(C)COCc2ccccc2)NC2CCCC2)n1C.I. The Morgan fingerprint density at radius 2 is 1.97 bits per heavy atom. The van der Waals surface area contributed by atoms with Gasteiger partial charge in [0.15, 0.2) is 11.8 Å². The largest absolute Gasteiger partial charge is 0.376 e. The molecule has 0 saturated heterocycles. The molecule has 0 radical (unpaired) electrons. The normalized spacial score (nSPS) is 15.6. The van der Waals surface area contributed by atoms with Crippen molar-refractivity contribution in [1.82, 2.24) is 25.4 Å². The van der Waals surface area contributed by atoms with Crippen LogP contribution in [0, 0.1) is 12.8 Å². The van der Waals surface area contributed by atoms with Gasteiger partial charge in [-0.15, -0.1) is 34.2 Å². The quantitative estimate of drug-likeness (QED) is 0.297. The number of hydrogen-bond donors (Lipinski definition) is 2. The molecule has 1 saturated carbocycles. The molecule has 1 unspecified atom stereocenters. The number of guanidine groups is 1. The fraction of sp³-hybridized carbons (Fsp3) is 0.591. The summed E-state index contributed by atoms with van der Waals surface area (Å²) >= 11 is 0. The van der Waals surface area contributed by atoms with Gasteiger partial charge in [0.1, 0.15) is 12.4 Å². The van der Waals surface area contributed by atoms with E-state index >= 15 is 0 Å². The molecular weight excluding hydrogens is 491 g/mol. The summed E-state index contributed by atoms with van der Waals surface area (Å²) < 4.78 is 7.86. The first-order valence-electron chi connectivity index (χ1n) is 10.6. The van der Waals surface area contributed by atoms with Gasteiger partial charge in [-0.25, -0.2) is 4.99 Å². The minimum Gasteiger partial charge on any atom is -0.376 e. The Balaban J connectivity index is 0.00000320. The number of nitrogens with one attached hydrogen (secondary N) is 2. The summed E-state index contributed by atoms with van der Waals surface area (Å²) in [5.41, 5.74) is 1.21. The first-order chi connectivity index (χ1) is 14.1. The van der Waals surface area contributed by atoms with Gasteiger partial charge in [-0.3, -0.25) is 0 Å². The molecule has 1 aliphatic carbocycles. The van der Waals surface area contributed by atoms with E-state index in [4.69, 9.17) is 9.73 Å². The Morgan fingerprint density at radius 3 is 2.63 bits per heavy atom. The van der Waals surface area contributed by atoms with E-state index in [9.17, 15) is 0 Å². The molecule has 1 heterocycles. The first-order valence-corrected chi connectivity index (χ1v) is 10.6. The average Bonchev–Trinajstić information content (AvgIpc) is 3.35. The molecule has 1 fully saturated rings. The molecule has 30 heavy (non-hydrogen) atoms. The highest BCUT2D eigenvalue weighted by Gasteiger charge is 2.17. The lowest BCUT2D eigenvalue weighted by Gasteiger charge is -2.20. The number of halogens is 1. The Kier molecular flexibility index (Phi) is 10.6. The van der Waals surface area contributed by atoms with Crippen LogP contribution in [0.2, 0.25) is 0 Å². The van der Waals surface area contributed by atoms with Gasteiger partial charge in [0.05, 0.1) is 13.2 Å². The van der Waals surface area contributed by atoms with Crippen molar-refractivity contribution >= 4 is 29.9 Å². The molecule has 1 atom stereocenters. The fourth-order valence-electron chi connectivity index (χ4n) is 3.44. The summed E-state index contributed by atoms with van der Waals surface area (Å²) in [6, 6.07) is 10.8. The highest BCUT2D eigenvalue weighted by atomic mass is 127. The van der Waals surface area contributed by atoms with Crippen molar-refractivity contribution in [3.05, 3.63) is 47.5 Å². The van der Waals surface area contributed by atoms with Crippen molar-refractivity contribution in [1.29, 1.82) is 0 Å². The second-order valence-electron chi connectivity index (χ2n) is 8.00. The van der Waals surface area contributed by atoms with E-state index < -0.39 is 0 Å². The van der Waals surface area contributed by atoms with E-state index in [1.807, 2.05) is 36.7 Å². The van der Waals surface area contributed by atoms with Gasteiger partial charge in [-0.1, -0.05) is 50.1 Å². The molecule has 7 nitrogen and oxygen atoms in total. The Morgan fingerprint density at radius 1 is 1.23 bits per heavy atom. The van der Waals surface area contributed by atoms with Crippen LogP contribution in [0.5, 0.6) is 0 Å². The predicted molar refractivity (Wildman–Crippen MR) is 131 cm³/mol. The summed E-state index contributed by atoms with van der Waals surface area (Å²) in [6.07, 6.45) is 4.99. The molecule has 0 aliphatic heterocycles. The van der Waals surface area contributed by atoms with Gasteiger partial charge in [-0.05, 0) is 31.2 Å². The number of aromatic nitrogens is 3. The summed E-state index contributed by atoms with van der Waals surface area (Å²) in [5, 5.41) is 15.4. The van der Waals surface area contributed by atoms with Crippen LogP contribution < -0.4 is 10.6 Å². The Bertz CT molecular complexity index is 773. The van der Waals surface area contributed by atoms with Crippen molar-refractivity contribution in [3.8, 4) is 0 Å². The van der Waals surface area contributed by atoms with Crippen LogP contribution in [0.15, 0.2) is 35.3 Å². The predicted octanol–water partition coefficient (Wildman–Crippen LogP) is 3.57. The maximum Gasteiger partial charge on any atom is 0.191 e. The molecule has 0 amide bonds.